The Hall–Kier alpha value is -8.94. The molecule has 0 saturated carbocycles. The number of hydrogen-bond acceptors (Lipinski definition) is 6. The smallest absolute Gasteiger partial charge is 0.164 e. The highest BCUT2D eigenvalue weighted by atomic mass is 16.3. The molecule has 7 heteroatoms. The van der Waals surface area contributed by atoms with Gasteiger partial charge in [-0.2, -0.15) is 0 Å². The van der Waals surface area contributed by atoms with E-state index in [1.54, 1.807) is 0 Å². The van der Waals surface area contributed by atoms with Crippen LogP contribution < -0.4 is 4.90 Å². The number of para-hydroxylation sites is 2. The van der Waals surface area contributed by atoms with E-state index in [2.05, 4.69) is 156 Å². The number of rotatable bonds is 10. The first-order valence-electron chi connectivity index (χ1n) is 22.8. The van der Waals surface area contributed by atoms with Gasteiger partial charge in [0.15, 0.2) is 17.5 Å². The molecule has 12 aromatic rings. The van der Waals surface area contributed by atoms with Crippen LogP contribution in [0.4, 0.5) is 5.69 Å². The third-order valence-electron chi connectivity index (χ3n) is 13.0. The van der Waals surface area contributed by atoms with E-state index in [1.165, 1.54) is 27.4 Å². The Morgan fingerprint density at radius 2 is 1.03 bits per heavy atom. The van der Waals surface area contributed by atoms with Crippen molar-refractivity contribution in [2.45, 2.75) is 6.67 Å². The van der Waals surface area contributed by atoms with E-state index >= 15 is 0 Å². The van der Waals surface area contributed by atoms with Crippen LogP contribution in [0.2, 0.25) is 0 Å². The van der Waals surface area contributed by atoms with Gasteiger partial charge < -0.3 is 13.9 Å². The van der Waals surface area contributed by atoms with Crippen molar-refractivity contribution in [1.82, 2.24) is 19.5 Å². The van der Waals surface area contributed by atoms with E-state index in [4.69, 9.17) is 24.4 Å². The third-order valence-corrected chi connectivity index (χ3v) is 13.0. The number of furan rings is 1. The fourth-order valence-corrected chi connectivity index (χ4v) is 9.66. The van der Waals surface area contributed by atoms with Crippen LogP contribution in [0.1, 0.15) is 11.1 Å². The Kier molecular flexibility index (Phi) is 10.2. The summed E-state index contributed by atoms with van der Waals surface area (Å²) in [6, 6.07) is 76.1. The first-order valence-corrected chi connectivity index (χ1v) is 22.8. The number of hydrogen-bond donors (Lipinski definition) is 0. The number of aromatic nitrogens is 4. The molecule has 0 unspecified atom stereocenters. The Bertz CT molecular complexity index is 3780. The number of aliphatic imine (C=N–C) groups is 1. The topological polar surface area (TPSA) is 72.3 Å². The van der Waals surface area contributed by atoms with E-state index in [1.807, 2.05) is 85.9 Å². The zero-order valence-electron chi connectivity index (χ0n) is 37.6. The van der Waals surface area contributed by atoms with Crippen molar-refractivity contribution in [3.8, 4) is 56.4 Å². The maximum absolute atomic E-state index is 6.53. The van der Waals surface area contributed by atoms with Gasteiger partial charge in [0.05, 0.1) is 23.4 Å². The second kappa shape index (κ2) is 17.1. The monoisotopic (exact) mass is 876 g/mol. The molecule has 0 aliphatic heterocycles. The summed E-state index contributed by atoms with van der Waals surface area (Å²) in [5, 5.41) is 4.37. The lowest BCUT2D eigenvalue weighted by Crippen LogP contribution is -2.23. The van der Waals surface area contributed by atoms with Gasteiger partial charge in [-0.05, 0) is 64.7 Å². The second-order valence-electron chi connectivity index (χ2n) is 17.1. The molecule has 0 spiro atoms. The van der Waals surface area contributed by atoms with Gasteiger partial charge in [0.2, 0.25) is 0 Å². The molecule has 7 nitrogen and oxygen atoms in total. The summed E-state index contributed by atoms with van der Waals surface area (Å²) in [4.78, 5) is 22.3. The summed E-state index contributed by atoms with van der Waals surface area (Å²) in [6.07, 6.45) is 0. The molecule has 0 amide bonds. The zero-order valence-corrected chi connectivity index (χ0v) is 37.6. The summed E-state index contributed by atoms with van der Waals surface area (Å²) in [7, 11) is 4.05. The van der Waals surface area contributed by atoms with E-state index in [0.717, 1.165) is 77.8 Å². The minimum Gasteiger partial charge on any atom is -0.456 e. The molecule has 0 N–H and O–H groups in total. The predicted molar refractivity (Wildman–Crippen MR) is 280 cm³/mol. The highest BCUT2D eigenvalue weighted by Crippen LogP contribution is 2.40. The largest absolute Gasteiger partial charge is 0.456 e. The predicted octanol–water partition coefficient (Wildman–Crippen LogP) is 14.8. The van der Waals surface area contributed by atoms with E-state index in [9.17, 15) is 0 Å². The van der Waals surface area contributed by atoms with Crippen molar-refractivity contribution in [2.75, 3.05) is 19.0 Å². The molecule has 3 aromatic heterocycles. The van der Waals surface area contributed by atoms with Gasteiger partial charge in [-0.15, -0.1) is 0 Å². The Morgan fingerprint density at radius 3 is 1.74 bits per heavy atom. The molecule has 324 valence electrons. The second-order valence-corrected chi connectivity index (χ2v) is 17.1. The van der Waals surface area contributed by atoms with Crippen LogP contribution >= 0.6 is 0 Å². The first-order chi connectivity index (χ1) is 33.6. The third kappa shape index (κ3) is 7.27. The molecule has 0 aliphatic rings. The minimum absolute atomic E-state index is 0.592. The highest BCUT2D eigenvalue weighted by molar-refractivity contribution is 6.16. The van der Waals surface area contributed by atoms with Crippen LogP contribution in [0.15, 0.2) is 228 Å². The van der Waals surface area contributed by atoms with Crippen molar-refractivity contribution in [3.05, 3.63) is 230 Å². The fourth-order valence-electron chi connectivity index (χ4n) is 9.66. The van der Waals surface area contributed by atoms with Gasteiger partial charge >= 0.3 is 0 Å². The Morgan fingerprint density at radius 1 is 0.471 bits per heavy atom. The standard InChI is InChI=1S/C61H44N6O/c1-62-58(42-31-29-41(30-32-42)40-17-6-3-7-18-40)48-24-13-14-26-52(48)66(2)39-67-53-27-15-12-23-47(53)50-37-45(33-35-54(50)67)46-34-36-55-51(38-46)57-49(25-16-28-56(57)68-55)61-64-59(43-19-8-4-9-20-43)63-60(65-61)44-21-10-5-11-22-44/h3-38H,39H2,1-2H3. The van der Waals surface area contributed by atoms with Gasteiger partial charge in [-0.1, -0.05) is 176 Å². The van der Waals surface area contributed by atoms with Crippen molar-refractivity contribution in [1.29, 1.82) is 0 Å². The van der Waals surface area contributed by atoms with E-state index < -0.39 is 0 Å². The molecule has 0 fully saturated rings. The lowest BCUT2D eigenvalue weighted by molar-refractivity contribution is 0.669. The molecular formula is C61H44N6O. The molecule has 68 heavy (non-hydrogen) atoms. The van der Waals surface area contributed by atoms with Crippen molar-refractivity contribution in [3.63, 3.8) is 0 Å². The van der Waals surface area contributed by atoms with E-state index in [0.29, 0.717) is 24.1 Å². The van der Waals surface area contributed by atoms with Crippen LogP contribution in [0.25, 0.3) is 100 Å². The highest BCUT2D eigenvalue weighted by Gasteiger charge is 2.21. The summed E-state index contributed by atoms with van der Waals surface area (Å²) in [5.41, 5.74) is 15.5. The molecule has 0 bridgehead atoms. The van der Waals surface area contributed by atoms with Crippen molar-refractivity contribution < 1.29 is 4.42 Å². The maximum atomic E-state index is 6.53. The molecule has 0 radical (unpaired) electrons. The lowest BCUT2D eigenvalue weighted by atomic mass is 9.97. The number of nitrogens with zero attached hydrogens (tertiary/aromatic N) is 6. The number of anilines is 1. The minimum atomic E-state index is 0.592. The molecular weight excluding hydrogens is 833 g/mol. The van der Waals surface area contributed by atoms with Gasteiger partial charge in [-0.25, -0.2) is 15.0 Å². The first kappa shape index (κ1) is 40.6. The lowest BCUT2D eigenvalue weighted by Gasteiger charge is -2.25. The van der Waals surface area contributed by atoms with Crippen LogP contribution in [-0.2, 0) is 6.67 Å². The average Bonchev–Trinajstić information content (AvgIpc) is 3.94. The van der Waals surface area contributed by atoms with Gasteiger partial charge in [0.1, 0.15) is 11.2 Å². The zero-order chi connectivity index (χ0) is 45.6. The molecule has 0 aliphatic carbocycles. The normalized spacial score (nSPS) is 11.8. The van der Waals surface area contributed by atoms with Gasteiger partial charge in [0, 0.05) is 69.1 Å². The summed E-state index contributed by atoms with van der Waals surface area (Å²) in [5.74, 6) is 1.83. The molecule has 0 saturated heterocycles. The number of fused-ring (bicyclic) bond motifs is 6. The van der Waals surface area contributed by atoms with Crippen LogP contribution in [-0.4, -0.2) is 39.3 Å². The fraction of sp³-hybridized carbons (Fsp3) is 0.0492. The SMILES string of the molecule is CN=C(c1ccc(-c2ccccc2)cc1)c1ccccc1N(C)Cn1c2ccccc2c2cc(-c3ccc4oc5cccc(-c6nc(-c7ccccc7)nc(-c7ccccc7)n6)c5c4c3)ccc21. The molecule has 12 rings (SSSR count). The summed E-state index contributed by atoms with van der Waals surface area (Å²) >= 11 is 0. The summed E-state index contributed by atoms with van der Waals surface area (Å²) in [6.45, 7) is 0.634. The quantitative estimate of drug-likeness (QED) is 0.128. The molecule has 3 heterocycles. The average molecular weight is 877 g/mol. The van der Waals surface area contributed by atoms with Crippen molar-refractivity contribution >= 4 is 55.1 Å². The van der Waals surface area contributed by atoms with Crippen LogP contribution in [0.5, 0.6) is 0 Å². The number of benzene rings is 9. The molecule has 9 aromatic carbocycles. The Balaban J connectivity index is 0.912. The van der Waals surface area contributed by atoms with Gasteiger partial charge in [0.25, 0.3) is 0 Å². The molecule has 0 atom stereocenters. The van der Waals surface area contributed by atoms with Crippen LogP contribution in [0, 0.1) is 0 Å². The van der Waals surface area contributed by atoms with E-state index in [-0.39, 0.29) is 0 Å². The van der Waals surface area contributed by atoms with Crippen LogP contribution in [0.3, 0.4) is 0 Å². The summed E-state index contributed by atoms with van der Waals surface area (Å²) < 4.78 is 8.95. The van der Waals surface area contributed by atoms with Crippen molar-refractivity contribution in [2.24, 2.45) is 4.99 Å². The Labute approximate surface area is 394 Å². The maximum Gasteiger partial charge on any atom is 0.164 e. The van der Waals surface area contributed by atoms with Gasteiger partial charge in [-0.3, -0.25) is 4.99 Å².